The van der Waals surface area contributed by atoms with Crippen LogP contribution >= 0.6 is 0 Å². The first kappa shape index (κ1) is 11.0. The number of rotatable bonds is 1. The van der Waals surface area contributed by atoms with Crippen LogP contribution < -0.4 is 0 Å². The summed E-state index contributed by atoms with van der Waals surface area (Å²) >= 11 is 0. The molecule has 16 heavy (non-hydrogen) atoms. The van der Waals surface area contributed by atoms with Crippen molar-refractivity contribution in [1.82, 2.24) is 4.90 Å². The van der Waals surface area contributed by atoms with E-state index < -0.39 is 0 Å². The summed E-state index contributed by atoms with van der Waals surface area (Å²) < 4.78 is 5.40. The van der Waals surface area contributed by atoms with Gasteiger partial charge in [0.05, 0.1) is 19.3 Å². The Balaban J connectivity index is 1.76. The van der Waals surface area contributed by atoms with Gasteiger partial charge < -0.3 is 9.84 Å². The molecule has 3 saturated carbocycles. The van der Waals surface area contributed by atoms with E-state index in [1.807, 2.05) is 0 Å². The molecule has 3 aliphatic carbocycles. The number of hydrogen-bond acceptors (Lipinski definition) is 3. The zero-order chi connectivity index (χ0) is 11.3. The Hall–Kier alpha value is -0.120. The lowest BCUT2D eigenvalue weighted by Gasteiger charge is -2.63. The maximum atomic E-state index is 10.3. The third kappa shape index (κ3) is 1.45. The summed E-state index contributed by atoms with van der Waals surface area (Å²) in [6.07, 6.45) is 2.23. The third-order valence-corrected chi connectivity index (χ3v) is 5.35. The predicted octanol–water partition coefficient (Wildman–Crippen LogP) is 1.11. The molecule has 92 valence electrons. The minimum absolute atomic E-state index is 0.102. The standard InChI is InChI=1S/C13H23NO2/c1-13(2)9-7-10(13)12(11(15)8-9)14-3-5-16-6-4-14/h9-12,15H,3-8H2,1-2H3/t9-,10+,11?,12?/m1/s1. The fourth-order valence-electron chi connectivity index (χ4n) is 4.11. The monoisotopic (exact) mass is 225 g/mol. The number of morpholine rings is 1. The highest BCUT2D eigenvalue weighted by Crippen LogP contribution is 2.60. The highest BCUT2D eigenvalue weighted by Gasteiger charge is 2.58. The largest absolute Gasteiger partial charge is 0.391 e. The molecule has 0 aromatic rings. The van der Waals surface area contributed by atoms with E-state index in [4.69, 9.17) is 4.74 Å². The maximum Gasteiger partial charge on any atom is 0.0701 e. The van der Waals surface area contributed by atoms with Gasteiger partial charge in [0.25, 0.3) is 0 Å². The van der Waals surface area contributed by atoms with E-state index in [1.54, 1.807) is 0 Å². The maximum absolute atomic E-state index is 10.3. The summed E-state index contributed by atoms with van der Waals surface area (Å²) in [4.78, 5) is 2.47. The summed E-state index contributed by atoms with van der Waals surface area (Å²) in [5.74, 6) is 1.45. The number of nitrogens with zero attached hydrogens (tertiary/aromatic N) is 1. The van der Waals surface area contributed by atoms with Crippen LogP contribution in [0, 0.1) is 17.3 Å². The van der Waals surface area contributed by atoms with Gasteiger partial charge in [-0.1, -0.05) is 13.8 Å². The van der Waals surface area contributed by atoms with Crippen LogP contribution in [0.5, 0.6) is 0 Å². The van der Waals surface area contributed by atoms with Crippen LogP contribution in [0.15, 0.2) is 0 Å². The van der Waals surface area contributed by atoms with Crippen LogP contribution in [0.2, 0.25) is 0 Å². The van der Waals surface area contributed by atoms with E-state index in [0.29, 0.717) is 17.4 Å². The molecule has 4 fully saturated rings. The van der Waals surface area contributed by atoms with Crippen molar-refractivity contribution in [2.24, 2.45) is 17.3 Å². The molecule has 0 amide bonds. The Kier molecular flexibility index (Phi) is 2.54. The van der Waals surface area contributed by atoms with Gasteiger partial charge in [-0.2, -0.15) is 0 Å². The summed E-state index contributed by atoms with van der Waals surface area (Å²) in [5.41, 5.74) is 0.447. The molecule has 4 atom stereocenters. The van der Waals surface area contributed by atoms with Gasteiger partial charge in [0.15, 0.2) is 0 Å². The normalized spacial score (nSPS) is 47.4. The topological polar surface area (TPSA) is 32.7 Å². The highest BCUT2D eigenvalue weighted by atomic mass is 16.5. The van der Waals surface area contributed by atoms with E-state index >= 15 is 0 Å². The zero-order valence-corrected chi connectivity index (χ0v) is 10.4. The molecule has 0 aromatic carbocycles. The first-order valence-corrected chi connectivity index (χ1v) is 6.60. The second kappa shape index (κ2) is 3.69. The van der Waals surface area contributed by atoms with Crippen LogP contribution in [-0.2, 0) is 4.74 Å². The Labute approximate surface area is 97.8 Å². The number of ether oxygens (including phenoxy) is 1. The van der Waals surface area contributed by atoms with Crippen molar-refractivity contribution < 1.29 is 9.84 Å². The minimum Gasteiger partial charge on any atom is -0.391 e. The van der Waals surface area contributed by atoms with Gasteiger partial charge in [0.1, 0.15) is 0 Å². The van der Waals surface area contributed by atoms with Crippen molar-refractivity contribution in [3.05, 3.63) is 0 Å². The van der Waals surface area contributed by atoms with Crippen molar-refractivity contribution >= 4 is 0 Å². The van der Waals surface area contributed by atoms with E-state index in [1.165, 1.54) is 6.42 Å². The van der Waals surface area contributed by atoms with Crippen LogP contribution in [0.4, 0.5) is 0 Å². The Morgan fingerprint density at radius 3 is 2.50 bits per heavy atom. The number of aliphatic hydroxyl groups excluding tert-OH is 1. The first-order valence-electron chi connectivity index (χ1n) is 6.60. The molecule has 2 unspecified atom stereocenters. The van der Waals surface area contributed by atoms with Gasteiger partial charge in [-0.3, -0.25) is 4.90 Å². The second-order valence-electron chi connectivity index (χ2n) is 6.30. The van der Waals surface area contributed by atoms with E-state index in [9.17, 15) is 5.11 Å². The average Bonchev–Trinajstić information content (AvgIpc) is 2.29. The summed E-state index contributed by atoms with van der Waals surface area (Å²) in [5, 5.41) is 10.3. The molecule has 4 rings (SSSR count). The molecule has 3 nitrogen and oxygen atoms in total. The molecule has 0 spiro atoms. The smallest absolute Gasteiger partial charge is 0.0701 e. The lowest BCUT2D eigenvalue weighted by Crippen LogP contribution is -2.66. The number of aliphatic hydroxyl groups is 1. The van der Waals surface area contributed by atoms with Gasteiger partial charge in [0.2, 0.25) is 0 Å². The number of hydrogen-bond donors (Lipinski definition) is 1. The summed E-state index contributed by atoms with van der Waals surface area (Å²) in [6.45, 7) is 8.42. The SMILES string of the molecule is CC1(C)[C@H]2CC(O)C(N3CCOCC3)[C@@H]1C2. The molecular formula is C13H23NO2. The van der Waals surface area contributed by atoms with Gasteiger partial charge in [-0.05, 0) is 30.1 Å². The van der Waals surface area contributed by atoms with Crippen molar-refractivity contribution in [3.8, 4) is 0 Å². The first-order chi connectivity index (χ1) is 7.60. The molecule has 1 heterocycles. The van der Waals surface area contributed by atoms with Crippen molar-refractivity contribution in [2.75, 3.05) is 26.3 Å². The Morgan fingerprint density at radius 2 is 1.88 bits per heavy atom. The summed E-state index contributed by atoms with van der Waals surface area (Å²) in [6, 6.07) is 0.392. The lowest BCUT2D eigenvalue weighted by atomic mass is 9.46. The van der Waals surface area contributed by atoms with Gasteiger partial charge in [-0.25, -0.2) is 0 Å². The average molecular weight is 225 g/mol. The molecule has 2 bridgehead atoms. The van der Waals surface area contributed by atoms with Crippen molar-refractivity contribution in [2.45, 2.75) is 38.8 Å². The van der Waals surface area contributed by atoms with Crippen LogP contribution in [0.25, 0.3) is 0 Å². The highest BCUT2D eigenvalue weighted by molar-refractivity contribution is 5.09. The van der Waals surface area contributed by atoms with Gasteiger partial charge in [0, 0.05) is 19.1 Å². The lowest BCUT2D eigenvalue weighted by molar-refractivity contribution is -0.180. The van der Waals surface area contributed by atoms with Crippen molar-refractivity contribution in [3.63, 3.8) is 0 Å². The Morgan fingerprint density at radius 1 is 1.19 bits per heavy atom. The third-order valence-electron chi connectivity index (χ3n) is 5.35. The molecule has 4 aliphatic rings. The van der Waals surface area contributed by atoms with Gasteiger partial charge >= 0.3 is 0 Å². The molecular weight excluding hydrogens is 202 g/mol. The fourth-order valence-corrected chi connectivity index (χ4v) is 4.11. The number of fused-ring (bicyclic) bond motifs is 2. The molecule has 1 N–H and O–H groups in total. The van der Waals surface area contributed by atoms with Gasteiger partial charge in [-0.15, -0.1) is 0 Å². The second-order valence-corrected chi connectivity index (χ2v) is 6.30. The molecule has 1 saturated heterocycles. The van der Waals surface area contributed by atoms with Crippen LogP contribution in [0.3, 0.4) is 0 Å². The quantitative estimate of drug-likeness (QED) is 0.726. The Bertz CT molecular complexity index is 273. The van der Waals surface area contributed by atoms with Crippen LogP contribution in [-0.4, -0.2) is 48.5 Å². The van der Waals surface area contributed by atoms with E-state index in [-0.39, 0.29) is 6.10 Å². The van der Waals surface area contributed by atoms with Crippen LogP contribution in [0.1, 0.15) is 26.7 Å². The molecule has 3 heteroatoms. The van der Waals surface area contributed by atoms with E-state index in [2.05, 4.69) is 18.7 Å². The molecule has 0 aromatic heterocycles. The zero-order valence-electron chi connectivity index (χ0n) is 10.4. The summed E-state index contributed by atoms with van der Waals surface area (Å²) in [7, 11) is 0. The minimum atomic E-state index is -0.102. The predicted molar refractivity (Wildman–Crippen MR) is 62.2 cm³/mol. The van der Waals surface area contributed by atoms with E-state index in [0.717, 1.165) is 38.6 Å². The molecule has 0 radical (unpaired) electrons. The molecule has 1 aliphatic heterocycles. The van der Waals surface area contributed by atoms with Crippen molar-refractivity contribution in [1.29, 1.82) is 0 Å². The fraction of sp³-hybridized carbons (Fsp3) is 1.00.